The molecule has 0 spiro atoms. The maximum Gasteiger partial charge on any atom is 0.410 e. The second kappa shape index (κ2) is 11.1. The highest BCUT2D eigenvalue weighted by molar-refractivity contribution is 5.92. The van der Waals surface area contributed by atoms with Crippen LogP contribution < -0.4 is 4.90 Å². The lowest BCUT2D eigenvalue weighted by atomic mass is 9.96. The molecule has 0 aliphatic carbocycles. The first-order chi connectivity index (χ1) is 15.4. The zero-order valence-electron chi connectivity index (χ0n) is 19.9. The molecular weight excluding hydrogens is 409 g/mol. The molecule has 6 nitrogen and oxygen atoms in total. The van der Waals surface area contributed by atoms with Gasteiger partial charge in [-0.3, -0.25) is 4.79 Å². The third-order valence-corrected chi connectivity index (χ3v) is 7.11. The topological polar surface area (TPSA) is 53.1 Å². The van der Waals surface area contributed by atoms with Gasteiger partial charge in [0.15, 0.2) is 0 Å². The Hall–Kier alpha value is -2.15. The van der Waals surface area contributed by atoms with Gasteiger partial charge in [-0.25, -0.2) is 9.18 Å². The number of anilines is 1. The van der Waals surface area contributed by atoms with Gasteiger partial charge in [0.25, 0.3) is 0 Å². The third-order valence-electron chi connectivity index (χ3n) is 7.11. The Morgan fingerprint density at radius 2 is 1.84 bits per heavy atom. The minimum atomic E-state index is -0.356. The lowest BCUT2D eigenvalue weighted by Crippen LogP contribution is -2.51. The van der Waals surface area contributed by atoms with E-state index in [1.54, 1.807) is 23.1 Å². The number of ether oxygens (including phenoxy) is 1. The number of rotatable bonds is 7. The van der Waals surface area contributed by atoms with Crippen molar-refractivity contribution in [2.45, 2.75) is 90.4 Å². The second-order valence-electron chi connectivity index (χ2n) is 9.09. The van der Waals surface area contributed by atoms with E-state index in [1.807, 2.05) is 11.8 Å². The fourth-order valence-electron chi connectivity index (χ4n) is 5.50. The molecule has 2 amide bonds. The molecule has 1 aromatic rings. The number of hydrogen-bond acceptors (Lipinski definition) is 4. The SMILES string of the molecule is CCOC(=O)N1C(C)CCC1CC(CC)N1CCC(N(C(C)=O)c2ccccc2F)CC1. The lowest BCUT2D eigenvalue weighted by molar-refractivity contribution is -0.117. The highest BCUT2D eigenvalue weighted by Crippen LogP contribution is 2.32. The van der Waals surface area contributed by atoms with Crippen LogP contribution in [-0.2, 0) is 9.53 Å². The van der Waals surface area contributed by atoms with Gasteiger partial charge >= 0.3 is 6.09 Å². The van der Waals surface area contributed by atoms with Crippen molar-refractivity contribution in [1.82, 2.24) is 9.80 Å². The molecule has 0 radical (unpaired) electrons. The fourth-order valence-corrected chi connectivity index (χ4v) is 5.50. The highest BCUT2D eigenvalue weighted by Gasteiger charge is 2.38. The lowest BCUT2D eigenvalue weighted by Gasteiger charge is -2.42. The number of likely N-dealkylation sites (tertiary alicyclic amines) is 2. The first-order valence-corrected chi connectivity index (χ1v) is 12.1. The van der Waals surface area contributed by atoms with Crippen molar-refractivity contribution in [3.63, 3.8) is 0 Å². The minimum Gasteiger partial charge on any atom is -0.450 e. The van der Waals surface area contributed by atoms with Gasteiger partial charge in [-0.2, -0.15) is 0 Å². The second-order valence-corrected chi connectivity index (χ2v) is 9.09. The number of para-hydroxylation sites is 1. The van der Waals surface area contributed by atoms with Crippen molar-refractivity contribution in [2.75, 3.05) is 24.6 Å². The third kappa shape index (κ3) is 5.42. The van der Waals surface area contributed by atoms with E-state index in [0.717, 1.165) is 51.6 Å². The Labute approximate surface area is 191 Å². The number of piperidine rings is 1. The summed E-state index contributed by atoms with van der Waals surface area (Å²) in [6, 6.07) is 7.31. The Balaban J connectivity index is 1.63. The summed E-state index contributed by atoms with van der Waals surface area (Å²) in [6.45, 7) is 9.78. The number of halogens is 1. The van der Waals surface area contributed by atoms with Gasteiger partial charge in [0, 0.05) is 44.2 Å². The number of amides is 2. The minimum absolute atomic E-state index is 0.000638. The van der Waals surface area contributed by atoms with Crippen LogP contribution in [0.5, 0.6) is 0 Å². The summed E-state index contributed by atoms with van der Waals surface area (Å²) in [7, 11) is 0. The van der Waals surface area contributed by atoms with E-state index in [4.69, 9.17) is 4.74 Å². The van der Waals surface area contributed by atoms with Crippen molar-refractivity contribution in [2.24, 2.45) is 0 Å². The summed E-state index contributed by atoms with van der Waals surface area (Å²) in [5.74, 6) is -0.475. The van der Waals surface area contributed by atoms with E-state index in [0.29, 0.717) is 18.3 Å². The van der Waals surface area contributed by atoms with Crippen LogP contribution in [0.3, 0.4) is 0 Å². The normalized spacial score (nSPS) is 23.2. The molecule has 0 N–H and O–H groups in total. The molecule has 0 saturated carbocycles. The van der Waals surface area contributed by atoms with Crippen molar-refractivity contribution in [1.29, 1.82) is 0 Å². The molecule has 2 fully saturated rings. The number of carbonyl (C=O) groups is 2. The molecule has 32 heavy (non-hydrogen) atoms. The molecule has 1 aromatic carbocycles. The first-order valence-electron chi connectivity index (χ1n) is 12.1. The van der Waals surface area contributed by atoms with E-state index in [1.165, 1.54) is 13.0 Å². The van der Waals surface area contributed by atoms with Crippen LogP contribution in [0.25, 0.3) is 0 Å². The monoisotopic (exact) mass is 447 g/mol. The number of hydrogen-bond donors (Lipinski definition) is 0. The van der Waals surface area contributed by atoms with Crippen LogP contribution >= 0.6 is 0 Å². The van der Waals surface area contributed by atoms with Gasteiger partial charge in [0.05, 0.1) is 12.3 Å². The van der Waals surface area contributed by atoms with Crippen LogP contribution in [-0.4, -0.2) is 65.7 Å². The number of carbonyl (C=O) groups excluding carboxylic acids is 2. The molecular formula is C25H38FN3O3. The van der Waals surface area contributed by atoms with Crippen molar-refractivity contribution in [3.8, 4) is 0 Å². The zero-order chi connectivity index (χ0) is 23.3. The van der Waals surface area contributed by atoms with E-state index in [-0.39, 0.29) is 35.9 Å². The highest BCUT2D eigenvalue weighted by atomic mass is 19.1. The molecule has 2 saturated heterocycles. The molecule has 2 heterocycles. The van der Waals surface area contributed by atoms with Gasteiger partial charge in [0.1, 0.15) is 5.82 Å². The Morgan fingerprint density at radius 3 is 2.44 bits per heavy atom. The zero-order valence-corrected chi connectivity index (χ0v) is 19.9. The Morgan fingerprint density at radius 1 is 1.16 bits per heavy atom. The quantitative estimate of drug-likeness (QED) is 0.601. The van der Waals surface area contributed by atoms with E-state index in [2.05, 4.69) is 18.7 Å². The van der Waals surface area contributed by atoms with Gasteiger partial charge in [-0.05, 0) is 64.5 Å². The summed E-state index contributed by atoms with van der Waals surface area (Å²) in [5, 5.41) is 0. The molecule has 7 heteroatoms. The van der Waals surface area contributed by atoms with E-state index < -0.39 is 0 Å². The summed E-state index contributed by atoms with van der Waals surface area (Å²) in [5.41, 5.74) is 0.371. The average Bonchev–Trinajstić information content (AvgIpc) is 3.14. The van der Waals surface area contributed by atoms with Gasteiger partial charge in [-0.1, -0.05) is 19.1 Å². The van der Waals surface area contributed by atoms with Crippen molar-refractivity contribution in [3.05, 3.63) is 30.1 Å². The first kappa shape index (κ1) is 24.5. The average molecular weight is 448 g/mol. The van der Waals surface area contributed by atoms with Crippen molar-refractivity contribution >= 4 is 17.7 Å². The maximum atomic E-state index is 14.4. The maximum absolute atomic E-state index is 14.4. The Bertz CT molecular complexity index is 781. The summed E-state index contributed by atoms with van der Waals surface area (Å²) in [4.78, 5) is 30.9. The van der Waals surface area contributed by atoms with Crippen LogP contribution in [0.15, 0.2) is 24.3 Å². The molecule has 178 valence electrons. The largest absolute Gasteiger partial charge is 0.450 e. The van der Waals surface area contributed by atoms with Gasteiger partial charge in [-0.15, -0.1) is 0 Å². The molecule has 0 aromatic heterocycles. The van der Waals surface area contributed by atoms with E-state index >= 15 is 0 Å². The molecule has 0 bridgehead atoms. The smallest absolute Gasteiger partial charge is 0.410 e. The van der Waals surface area contributed by atoms with Crippen LogP contribution in [0.4, 0.5) is 14.9 Å². The number of nitrogens with zero attached hydrogens (tertiary/aromatic N) is 3. The summed E-state index contributed by atoms with van der Waals surface area (Å²) < 4.78 is 19.7. The molecule has 2 aliphatic rings. The molecule has 2 aliphatic heterocycles. The number of benzene rings is 1. The Kier molecular flexibility index (Phi) is 8.51. The molecule has 3 rings (SSSR count). The summed E-state index contributed by atoms with van der Waals surface area (Å²) in [6.07, 6.45) is 5.40. The van der Waals surface area contributed by atoms with Crippen LogP contribution in [0, 0.1) is 5.82 Å². The summed E-state index contributed by atoms with van der Waals surface area (Å²) >= 11 is 0. The van der Waals surface area contributed by atoms with E-state index in [9.17, 15) is 14.0 Å². The predicted octanol–water partition coefficient (Wildman–Crippen LogP) is 4.82. The van der Waals surface area contributed by atoms with Gasteiger partial charge < -0.3 is 19.4 Å². The van der Waals surface area contributed by atoms with Crippen LogP contribution in [0.1, 0.15) is 66.2 Å². The predicted molar refractivity (Wildman–Crippen MR) is 124 cm³/mol. The fraction of sp³-hybridized carbons (Fsp3) is 0.680. The molecule has 3 unspecified atom stereocenters. The van der Waals surface area contributed by atoms with Crippen LogP contribution in [0.2, 0.25) is 0 Å². The van der Waals surface area contributed by atoms with Gasteiger partial charge in [0.2, 0.25) is 5.91 Å². The molecule has 3 atom stereocenters. The standard InChI is InChI=1S/C25H38FN3O3/c1-5-20(17-22-12-11-18(3)28(22)25(31)32-6-2)27-15-13-21(14-16-27)29(19(4)30)24-10-8-7-9-23(24)26/h7-10,18,20-22H,5-6,11-17H2,1-4H3. The van der Waals surface area contributed by atoms with Crippen molar-refractivity contribution < 1.29 is 18.7 Å².